The van der Waals surface area contributed by atoms with Crippen LogP contribution in [0.2, 0.25) is 0 Å². The lowest BCUT2D eigenvalue weighted by Gasteiger charge is -2.45. The minimum atomic E-state index is -4.31. The molecule has 2 saturated heterocycles. The molecule has 29 heavy (non-hydrogen) atoms. The molecule has 160 valence electrons. The fourth-order valence-electron chi connectivity index (χ4n) is 4.91. The molecular weight excluding hydrogens is 379 g/mol. The molecule has 2 heterocycles. The van der Waals surface area contributed by atoms with Crippen molar-refractivity contribution in [1.82, 2.24) is 4.90 Å². The molecule has 4 rings (SSSR count). The van der Waals surface area contributed by atoms with E-state index in [-0.39, 0.29) is 12.8 Å². The van der Waals surface area contributed by atoms with Gasteiger partial charge in [-0.05, 0) is 69.3 Å². The van der Waals surface area contributed by atoms with Crippen LogP contribution in [0.1, 0.15) is 49.7 Å². The predicted molar refractivity (Wildman–Crippen MR) is 108 cm³/mol. The minimum Gasteiger partial charge on any atom is -0.369 e. The maximum Gasteiger partial charge on any atom is 0.395 e. The van der Waals surface area contributed by atoms with Gasteiger partial charge in [0, 0.05) is 43.5 Å². The maximum atomic E-state index is 13.1. The molecule has 4 nitrogen and oxygen atoms in total. The van der Waals surface area contributed by atoms with E-state index in [4.69, 9.17) is 0 Å². The zero-order chi connectivity index (χ0) is 20.8. The molecule has 0 radical (unpaired) electrons. The third-order valence-corrected chi connectivity index (χ3v) is 6.94. The number of benzene rings is 1. The molecule has 1 aliphatic carbocycles. The quantitative estimate of drug-likeness (QED) is 0.786. The minimum absolute atomic E-state index is 0.0496. The molecule has 0 bridgehead atoms. The Hall–Kier alpha value is -1.76. The Labute approximate surface area is 170 Å². The number of halogens is 3. The number of hydrogen-bond donors (Lipinski definition) is 1. The van der Waals surface area contributed by atoms with Crippen molar-refractivity contribution in [1.29, 1.82) is 0 Å². The summed E-state index contributed by atoms with van der Waals surface area (Å²) in [5, 5.41) is 2.76. The van der Waals surface area contributed by atoms with Gasteiger partial charge >= 0.3 is 6.18 Å². The van der Waals surface area contributed by atoms with Crippen LogP contribution in [0.3, 0.4) is 0 Å². The Balaban J connectivity index is 1.44. The lowest BCUT2D eigenvalue weighted by molar-refractivity contribution is -0.189. The molecule has 3 aliphatic rings. The number of amides is 1. The van der Waals surface area contributed by atoms with Crippen LogP contribution in [0, 0.1) is 19.3 Å². The van der Waals surface area contributed by atoms with Gasteiger partial charge in [0.2, 0.25) is 5.91 Å². The van der Waals surface area contributed by atoms with Crippen LogP contribution in [-0.2, 0) is 4.79 Å². The molecule has 1 atom stereocenters. The molecular formula is C22H30F3N3O. The van der Waals surface area contributed by atoms with E-state index in [0.29, 0.717) is 11.7 Å². The largest absolute Gasteiger partial charge is 0.395 e. The Morgan fingerprint density at radius 2 is 1.83 bits per heavy atom. The summed E-state index contributed by atoms with van der Waals surface area (Å²) in [6.45, 7) is 8.09. The topological polar surface area (TPSA) is 35.6 Å². The Bertz CT molecular complexity index is 765. The van der Waals surface area contributed by atoms with Gasteiger partial charge in [0.25, 0.3) is 0 Å². The molecule has 7 heteroatoms. The van der Waals surface area contributed by atoms with Crippen LogP contribution >= 0.6 is 0 Å². The van der Waals surface area contributed by atoms with E-state index in [9.17, 15) is 18.0 Å². The van der Waals surface area contributed by atoms with Crippen LogP contribution in [0.15, 0.2) is 12.1 Å². The standard InChI is InChI=1S/C22H30F3N3O/c1-15-11-18(28-10-9-27-8-4-3-5-17(27)14-28)12-16(2)20(15)26-19(29)13-21(6-7-21)22(23,24)25/h11-12,17H,3-10,13-14H2,1-2H3,(H,26,29)/t17-/m0/s1. The van der Waals surface area contributed by atoms with Crippen molar-refractivity contribution in [3.05, 3.63) is 23.3 Å². The smallest absolute Gasteiger partial charge is 0.369 e. The summed E-state index contributed by atoms with van der Waals surface area (Å²) in [4.78, 5) is 17.3. The van der Waals surface area contributed by atoms with Gasteiger partial charge in [-0.15, -0.1) is 0 Å². The highest BCUT2D eigenvalue weighted by molar-refractivity contribution is 5.93. The number of hydrogen-bond acceptors (Lipinski definition) is 3. The second kappa shape index (κ2) is 7.49. The summed E-state index contributed by atoms with van der Waals surface area (Å²) < 4.78 is 39.4. The van der Waals surface area contributed by atoms with Gasteiger partial charge in [0.1, 0.15) is 0 Å². The Kier molecular flexibility index (Phi) is 5.30. The zero-order valence-electron chi connectivity index (χ0n) is 17.2. The Morgan fingerprint density at radius 3 is 2.45 bits per heavy atom. The summed E-state index contributed by atoms with van der Waals surface area (Å²) in [5.41, 5.74) is 1.77. The molecule has 3 fully saturated rings. The van der Waals surface area contributed by atoms with Gasteiger partial charge in [-0.2, -0.15) is 13.2 Å². The first-order valence-corrected chi connectivity index (χ1v) is 10.7. The molecule has 1 N–H and O–H groups in total. The number of piperidine rings is 1. The molecule has 0 spiro atoms. The third-order valence-electron chi connectivity index (χ3n) is 6.94. The van der Waals surface area contributed by atoms with Crippen LogP contribution < -0.4 is 10.2 Å². The van der Waals surface area contributed by atoms with E-state index >= 15 is 0 Å². The summed E-state index contributed by atoms with van der Waals surface area (Å²) in [5.74, 6) is -0.547. The molecule has 1 saturated carbocycles. The van der Waals surface area contributed by atoms with Crippen molar-refractivity contribution in [2.45, 2.75) is 64.6 Å². The number of anilines is 2. The maximum absolute atomic E-state index is 13.1. The van der Waals surface area contributed by atoms with Gasteiger partial charge in [-0.1, -0.05) is 6.42 Å². The van der Waals surface area contributed by atoms with Crippen molar-refractivity contribution in [3.63, 3.8) is 0 Å². The number of carbonyl (C=O) groups is 1. The highest BCUT2D eigenvalue weighted by Gasteiger charge is 2.63. The van der Waals surface area contributed by atoms with Crippen LogP contribution in [0.4, 0.5) is 24.5 Å². The first kappa shape index (κ1) is 20.5. The number of alkyl halides is 3. The zero-order valence-corrected chi connectivity index (χ0v) is 17.2. The average molecular weight is 409 g/mol. The number of fused-ring (bicyclic) bond motifs is 1. The fourth-order valence-corrected chi connectivity index (χ4v) is 4.91. The van der Waals surface area contributed by atoms with E-state index < -0.39 is 23.9 Å². The highest BCUT2D eigenvalue weighted by Crippen LogP contribution is 2.60. The SMILES string of the molecule is Cc1cc(N2CCN3CCCC[C@H]3C2)cc(C)c1NC(=O)CC1(C(F)(F)F)CC1. The van der Waals surface area contributed by atoms with Gasteiger partial charge in [0.05, 0.1) is 5.41 Å². The van der Waals surface area contributed by atoms with E-state index in [1.807, 2.05) is 13.8 Å². The second-order valence-electron chi connectivity index (χ2n) is 9.09. The number of nitrogens with zero attached hydrogens (tertiary/aromatic N) is 2. The second-order valence-corrected chi connectivity index (χ2v) is 9.09. The normalized spacial score (nSPS) is 24.2. The van der Waals surface area contributed by atoms with Crippen LogP contribution in [0.5, 0.6) is 0 Å². The predicted octanol–water partition coefficient (Wildman–Crippen LogP) is 4.65. The summed E-state index contributed by atoms with van der Waals surface area (Å²) in [6, 6.07) is 4.71. The summed E-state index contributed by atoms with van der Waals surface area (Å²) in [6.07, 6.45) is -0.873. The first-order chi connectivity index (χ1) is 13.7. The first-order valence-electron chi connectivity index (χ1n) is 10.7. The molecule has 0 aromatic heterocycles. The van der Waals surface area contributed by atoms with E-state index in [0.717, 1.165) is 36.4 Å². The van der Waals surface area contributed by atoms with Crippen molar-refractivity contribution in [2.24, 2.45) is 5.41 Å². The molecule has 0 unspecified atom stereocenters. The lowest BCUT2D eigenvalue weighted by atomic mass is 9.98. The van der Waals surface area contributed by atoms with Crippen molar-refractivity contribution in [2.75, 3.05) is 36.4 Å². The van der Waals surface area contributed by atoms with Crippen molar-refractivity contribution < 1.29 is 18.0 Å². The van der Waals surface area contributed by atoms with Gasteiger partial charge in [-0.3, -0.25) is 9.69 Å². The summed E-state index contributed by atoms with van der Waals surface area (Å²) in [7, 11) is 0. The van der Waals surface area contributed by atoms with Crippen molar-refractivity contribution >= 4 is 17.3 Å². The lowest BCUT2D eigenvalue weighted by Crippen LogP contribution is -2.54. The number of carbonyl (C=O) groups excluding carboxylic acids is 1. The number of aryl methyl sites for hydroxylation is 2. The average Bonchev–Trinajstić information content (AvgIpc) is 3.45. The third kappa shape index (κ3) is 4.11. The highest BCUT2D eigenvalue weighted by atomic mass is 19.4. The molecule has 1 aromatic rings. The van der Waals surface area contributed by atoms with Gasteiger partial charge < -0.3 is 10.2 Å². The fraction of sp³-hybridized carbons (Fsp3) is 0.682. The van der Waals surface area contributed by atoms with E-state index in [1.165, 1.54) is 25.8 Å². The van der Waals surface area contributed by atoms with Crippen LogP contribution in [-0.4, -0.2) is 49.2 Å². The monoisotopic (exact) mass is 409 g/mol. The van der Waals surface area contributed by atoms with Gasteiger partial charge in [0.15, 0.2) is 0 Å². The molecule has 2 aliphatic heterocycles. The number of rotatable bonds is 4. The van der Waals surface area contributed by atoms with E-state index in [1.54, 1.807) is 0 Å². The number of piperazine rings is 1. The van der Waals surface area contributed by atoms with Gasteiger partial charge in [-0.25, -0.2) is 0 Å². The number of nitrogens with one attached hydrogen (secondary N) is 1. The van der Waals surface area contributed by atoms with Crippen LogP contribution in [0.25, 0.3) is 0 Å². The molecule has 1 aromatic carbocycles. The Morgan fingerprint density at radius 1 is 1.14 bits per heavy atom. The van der Waals surface area contributed by atoms with E-state index in [2.05, 4.69) is 27.2 Å². The molecule has 1 amide bonds. The summed E-state index contributed by atoms with van der Waals surface area (Å²) >= 11 is 0. The van der Waals surface area contributed by atoms with Crippen molar-refractivity contribution in [3.8, 4) is 0 Å².